The van der Waals surface area contributed by atoms with Gasteiger partial charge in [-0.2, -0.15) is 0 Å². The van der Waals surface area contributed by atoms with Crippen molar-refractivity contribution in [3.05, 3.63) is 113 Å². The van der Waals surface area contributed by atoms with Crippen molar-refractivity contribution < 1.29 is 23.5 Å². The number of ether oxygens (including phenoxy) is 2. The Morgan fingerprint density at radius 3 is 2.44 bits per heavy atom. The van der Waals surface area contributed by atoms with Crippen molar-refractivity contribution in [2.24, 2.45) is 4.99 Å². The number of hydrogen-bond donors (Lipinski definition) is 0. The molecule has 1 atom stereocenters. The number of rotatable bonds is 7. The zero-order valence-electron chi connectivity index (χ0n) is 22.9. The van der Waals surface area contributed by atoms with Crippen LogP contribution >= 0.6 is 22.9 Å². The van der Waals surface area contributed by atoms with Crippen LogP contribution in [0.4, 0.5) is 0 Å². The van der Waals surface area contributed by atoms with E-state index in [4.69, 9.17) is 25.5 Å². The summed E-state index contributed by atoms with van der Waals surface area (Å²) in [5.74, 6) is -0.0994. The number of hydrogen-bond acceptors (Lipinski definition) is 8. The molecule has 0 aliphatic carbocycles. The van der Waals surface area contributed by atoms with E-state index in [1.54, 1.807) is 57.2 Å². The molecule has 0 unspecified atom stereocenters. The van der Waals surface area contributed by atoms with Crippen LogP contribution in [0.2, 0.25) is 5.02 Å². The minimum atomic E-state index is -0.685. The summed E-state index contributed by atoms with van der Waals surface area (Å²) in [6.07, 6.45) is 1.64. The van der Waals surface area contributed by atoms with E-state index < -0.39 is 18.0 Å². The molecule has 210 valence electrons. The zero-order valence-corrected chi connectivity index (χ0v) is 24.5. The Bertz CT molecular complexity index is 1860. The predicted molar refractivity (Wildman–Crippen MR) is 157 cm³/mol. The van der Waals surface area contributed by atoms with E-state index in [1.807, 2.05) is 31.2 Å². The average molecular weight is 591 g/mol. The maximum Gasteiger partial charge on any atom is 0.339 e. The lowest BCUT2D eigenvalue weighted by molar-refractivity contribution is -0.139. The maximum atomic E-state index is 13.8. The molecule has 0 N–H and O–H groups in total. The number of nitrogens with zero attached hydrogens (tertiary/aromatic N) is 2. The molecule has 4 aromatic rings. The van der Waals surface area contributed by atoms with Crippen molar-refractivity contribution in [2.45, 2.75) is 33.7 Å². The number of furan rings is 1. The van der Waals surface area contributed by atoms with Gasteiger partial charge < -0.3 is 13.9 Å². The highest BCUT2D eigenvalue weighted by molar-refractivity contribution is 7.07. The average Bonchev–Trinajstić information content (AvgIpc) is 3.53. The zero-order chi connectivity index (χ0) is 29.3. The molecule has 1 aliphatic rings. The van der Waals surface area contributed by atoms with Crippen LogP contribution in [0, 0.1) is 6.92 Å². The number of esters is 2. The standard InChI is InChI=1S/C31H27ClN2O6S/c1-5-38-29(36)22-15-20(11-13-23(22)32)24-14-12-21(40-24)16-25-28(35)34-27(19-9-7-17(3)8-10-19)26(30(37)39-6-2)18(4)33-31(34)41-25/h7-16,27H,5-6H2,1-4H3/b25-16-/t27-/m0/s1. The summed E-state index contributed by atoms with van der Waals surface area (Å²) in [6, 6.07) is 15.5. The van der Waals surface area contributed by atoms with Crippen molar-refractivity contribution in [3.8, 4) is 11.3 Å². The molecule has 0 spiro atoms. The van der Waals surface area contributed by atoms with Gasteiger partial charge in [0.2, 0.25) is 0 Å². The van der Waals surface area contributed by atoms with Gasteiger partial charge in [-0.1, -0.05) is 52.8 Å². The van der Waals surface area contributed by atoms with Crippen molar-refractivity contribution in [1.82, 2.24) is 4.57 Å². The minimum absolute atomic E-state index is 0.205. The first-order chi connectivity index (χ1) is 19.7. The third-order valence-corrected chi connectivity index (χ3v) is 7.87. The molecule has 8 nitrogen and oxygen atoms in total. The summed E-state index contributed by atoms with van der Waals surface area (Å²) in [7, 11) is 0. The normalized spacial score (nSPS) is 15.0. The summed E-state index contributed by atoms with van der Waals surface area (Å²) < 4.78 is 18.4. The molecule has 0 amide bonds. The fourth-order valence-electron chi connectivity index (χ4n) is 4.61. The number of carbonyl (C=O) groups is 2. The summed E-state index contributed by atoms with van der Waals surface area (Å²) >= 11 is 7.41. The Hall–Kier alpha value is -4.21. The van der Waals surface area contributed by atoms with E-state index in [0.717, 1.165) is 11.1 Å². The summed E-state index contributed by atoms with van der Waals surface area (Å²) in [6.45, 7) is 7.62. The van der Waals surface area contributed by atoms with Crippen LogP contribution in [0.5, 0.6) is 0 Å². The van der Waals surface area contributed by atoms with Gasteiger partial charge in [0.15, 0.2) is 4.80 Å². The third kappa shape index (κ3) is 5.55. The van der Waals surface area contributed by atoms with Crippen LogP contribution in [-0.4, -0.2) is 29.7 Å². The maximum absolute atomic E-state index is 13.8. The molecule has 0 saturated heterocycles. The van der Waals surface area contributed by atoms with Gasteiger partial charge in [0.05, 0.1) is 45.6 Å². The number of carbonyl (C=O) groups excluding carboxylic acids is 2. The Morgan fingerprint density at radius 1 is 1.02 bits per heavy atom. The predicted octanol–water partition coefficient (Wildman–Crippen LogP) is 5.20. The van der Waals surface area contributed by atoms with E-state index in [0.29, 0.717) is 37.7 Å². The highest BCUT2D eigenvalue weighted by Gasteiger charge is 2.33. The molecular formula is C31H27ClN2O6S. The highest BCUT2D eigenvalue weighted by Crippen LogP contribution is 2.31. The van der Waals surface area contributed by atoms with Gasteiger partial charge in [-0.3, -0.25) is 9.36 Å². The van der Waals surface area contributed by atoms with Gasteiger partial charge in [0.1, 0.15) is 11.5 Å². The number of benzene rings is 2. The van der Waals surface area contributed by atoms with E-state index in [1.165, 1.54) is 15.9 Å². The number of aryl methyl sites for hydroxylation is 1. The summed E-state index contributed by atoms with van der Waals surface area (Å²) in [4.78, 5) is 44.2. The molecule has 10 heteroatoms. The Balaban J connectivity index is 1.58. The van der Waals surface area contributed by atoms with Crippen LogP contribution in [0.3, 0.4) is 0 Å². The van der Waals surface area contributed by atoms with Crippen LogP contribution in [0.25, 0.3) is 17.4 Å². The lowest BCUT2D eigenvalue weighted by atomic mass is 9.95. The molecule has 0 saturated carbocycles. The van der Waals surface area contributed by atoms with Gasteiger partial charge in [-0.15, -0.1) is 0 Å². The minimum Gasteiger partial charge on any atom is -0.463 e. The van der Waals surface area contributed by atoms with Gasteiger partial charge in [0, 0.05) is 11.6 Å². The highest BCUT2D eigenvalue weighted by atomic mass is 35.5. The Morgan fingerprint density at radius 2 is 1.73 bits per heavy atom. The largest absolute Gasteiger partial charge is 0.463 e. The second-order valence-electron chi connectivity index (χ2n) is 9.33. The first-order valence-electron chi connectivity index (χ1n) is 13.0. The van der Waals surface area contributed by atoms with Gasteiger partial charge in [0.25, 0.3) is 5.56 Å². The third-order valence-electron chi connectivity index (χ3n) is 6.56. The molecular weight excluding hydrogens is 564 g/mol. The van der Waals surface area contributed by atoms with Crippen LogP contribution in [0.15, 0.2) is 80.1 Å². The second-order valence-corrected chi connectivity index (χ2v) is 10.7. The fraction of sp³-hybridized carbons (Fsp3) is 0.226. The van der Waals surface area contributed by atoms with E-state index in [2.05, 4.69) is 4.99 Å². The Kier molecular flexibility index (Phi) is 8.10. The van der Waals surface area contributed by atoms with Crippen molar-refractivity contribution >= 4 is 41.0 Å². The lowest BCUT2D eigenvalue weighted by Crippen LogP contribution is -2.39. The summed E-state index contributed by atoms with van der Waals surface area (Å²) in [5.41, 5.74) is 3.23. The molecule has 0 fully saturated rings. The monoisotopic (exact) mass is 590 g/mol. The molecule has 2 aromatic carbocycles. The van der Waals surface area contributed by atoms with E-state index in [9.17, 15) is 14.4 Å². The number of allylic oxidation sites excluding steroid dienone is 1. The smallest absolute Gasteiger partial charge is 0.339 e. The number of fused-ring (bicyclic) bond motifs is 1. The molecule has 0 bridgehead atoms. The molecule has 5 rings (SSSR count). The van der Waals surface area contributed by atoms with Crippen LogP contribution in [0.1, 0.15) is 54.1 Å². The molecule has 2 aromatic heterocycles. The lowest BCUT2D eigenvalue weighted by Gasteiger charge is -2.24. The number of thiazole rings is 1. The molecule has 41 heavy (non-hydrogen) atoms. The number of aromatic nitrogens is 1. The summed E-state index contributed by atoms with van der Waals surface area (Å²) in [5, 5.41) is 0.278. The first-order valence-corrected chi connectivity index (χ1v) is 14.2. The molecule has 1 aliphatic heterocycles. The van der Waals surface area contributed by atoms with Gasteiger partial charge in [-0.05, 0) is 63.6 Å². The topological polar surface area (TPSA) is 100 Å². The molecule has 0 radical (unpaired) electrons. The first kappa shape index (κ1) is 28.3. The van der Waals surface area contributed by atoms with Crippen LogP contribution < -0.4 is 14.9 Å². The second kappa shape index (κ2) is 11.7. The SMILES string of the molecule is CCOC(=O)C1=C(C)N=c2s/c(=C\c3ccc(-c4ccc(Cl)c(C(=O)OCC)c4)o3)c(=O)n2[C@H]1c1ccc(C)cc1. The van der Waals surface area contributed by atoms with Gasteiger partial charge >= 0.3 is 11.9 Å². The fourth-order valence-corrected chi connectivity index (χ4v) is 5.84. The van der Waals surface area contributed by atoms with Crippen LogP contribution in [-0.2, 0) is 14.3 Å². The molecule has 3 heterocycles. The van der Waals surface area contributed by atoms with Crippen molar-refractivity contribution in [1.29, 1.82) is 0 Å². The van der Waals surface area contributed by atoms with Gasteiger partial charge in [-0.25, -0.2) is 14.6 Å². The quantitative estimate of drug-likeness (QED) is 0.274. The van der Waals surface area contributed by atoms with E-state index >= 15 is 0 Å². The van der Waals surface area contributed by atoms with E-state index in [-0.39, 0.29) is 29.4 Å². The Labute approximate surface area is 244 Å². The number of halogens is 1. The van der Waals surface area contributed by atoms with Crippen molar-refractivity contribution in [2.75, 3.05) is 13.2 Å². The van der Waals surface area contributed by atoms with Crippen molar-refractivity contribution in [3.63, 3.8) is 0 Å².